The third-order valence-corrected chi connectivity index (χ3v) is 4.50. The van der Waals surface area contributed by atoms with E-state index in [4.69, 9.17) is 9.47 Å². The largest absolute Gasteiger partial charge is 0.497 e. The summed E-state index contributed by atoms with van der Waals surface area (Å²) in [5, 5.41) is 12.1. The molecule has 156 valence electrons. The number of hydrogen-bond donors (Lipinski definition) is 1. The zero-order valence-corrected chi connectivity index (χ0v) is 17.2. The molecular weight excluding hydrogens is 395 g/mol. The SMILES string of the molecule is COc1ccc(/C=C(\C#N)C(=O)Nc2ccc(F)cc2)c(OCc2ccc(C)cc2)c1. The molecule has 5 nitrogen and oxygen atoms in total. The Morgan fingerprint density at radius 3 is 2.45 bits per heavy atom. The Hall–Kier alpha value is -4.11. The van der Waals surface area contributed by atoms with Crippen molar-refractivity contribution in [1.82, 2.24) is 0 Å². The zero-order chi connectivity index (χ0) is 22.2. The number of carbonyl (C=O) groups is 1. The van der Waals surface area contributed by atoms with E-state index in [2.05, 4.69) is 5.32 Å². The zero-order valence-electron chi connectivity index (χ0n) is 17.2. The van der Waals surface area contributed by atoms with Crippen LogP contribution in [0.15, 0.2) is 72.3 Å². The standard InChI is InChI=1S/C25H21FN2O3/c1-17-3-5-18(6-4-17)16-31-24-14-23(30-2)12-7-19(24)13-20(15-27)25(29)28-22-10-8-21(26)9-11-22/h3-14H,16H2,1-2H3,(H,28,29)/b20-13+. The van der Waals surface area contributed by atoms with E-state index in [1.54, 1.807) is 25.3 Å². The number of nitriles is 1. The van der Waals surface area contributed by atoms with Crippen LogP contribution >= 0.6 is 0 Å². The van der Waals surface area contributed by atoms with E-state index in [9.17, 15) is 14.4 Å². The predicted molar refractivity (Wildman–Crippen MR) is 117 cm³/mol. The third kappa shape index (κ3) is 5.94. The van der Waals surface area contributed by atoms with Gasteiger partial charge in [0.1, 0.15) is 35.6 Å². The molecule has 0 spiro atoms. The summed E-state index contributed by atoms with van der Waals surface area (Å²) in [6.45, 7) is 2.33. The summed E-state index contributed by atoms with van der Waals surface area (Å²) in [4.78, 5) is 12.5. The minimum absolute atomic E-state index is 0.116. The summed E-state index contributed by atoms with van der Waals surface area (Å²) in [6.07, 6.45) is 1.45. The van der Waals surface area contributed by atoms with Crippen molar-refractivity contribution in [2.24, 2.45) is 0 Å². The number of anilines is 1. The summed E-state index contributed by atoms with van der Waals surface area (Å²) in [7, 11) is 1.55. The topological polar surface area (TPSA) is 71.3 Å². The van der Waals surface area contributed by atoms with Gasteiger partial charge in [0.2, 0.25) is 0 Å². The lowest BCUT2D eigenvalue weighted by Crippen LogP contribution is -2.13. The van der Waals surface area contributed by atoms with Crippen LogP contribution in [-0.2, 0) is 11.4 Å². The van der Waals surface area contributed by atoms with Crippen molar-refractivity contribution >= 4 is 17.7 Å². The second-order valence-electron chi connectivity index (χ2n) is 6.81. The van der Waals surface area contributed by atoms with Gasteiger partial charge in [0.25, 0.3) is 5.91 Å². The quantitative estimate of drug-likeness (QED) is 0.421. The van der Waals surface area contributed by atoms with Crippen LogP contribution < -0.4 is 14.8 Å². The molecule has 0 radical (unpaired) electrons. The highest BCUT2D eigenvalue weighted by Crippen LogP contribution is 2.28. The van der Waals surface area contributed by atoms with E-state index in [1.165, 1.54) is 30.3 Å². The molecule has 0 bridgehead atoms. The number of nitrogens with zero attached hydrogens (tertiary/aromatic N) is 1. The van der Waals surface area contributed by atoms with Gasteiger partial charge in [-0.2, -0.15) is 5.26 Å². The van der Waals surface area contributed by atoms with Gasteiger partial charge in [0.15, 0.2) is 0 Å². The summed E-state index contributed by atoms with van der Waals surface area (Å²) < 4.78 is 24.3. The molecular formula is C25H21FN2O3. The van der Waals surface area contributed by atoms with Crippen LogP contribution in [0.5, 0.6) is 11.5 Å². The van der Waals surface area contributed by atoms with Crippen LogP contribution in [0.3, 0.4) is 0 Å². The number of nitrogens with one attached hydrogen (secondary N) is 1. The highest BCUT2D eigenvalue weighted by atomic mass is 19.1. The minimum Gasteiger partial charge on any atom is -0.497 e. The fourth-order valence-electron chi connectivity index (χ4n) is 2.77. The van der Waals surface area contributed by atoms with Crippen LogP contribution in [0.25, 0.3) is 6.08 Å². The highest BCUT2D eigenvalue weighted by Gasteiger charge is 2.12. The first-order chi connectivity index (χ1) is 15.0. The Labute approximate surface area is 180 Å². The maximum atomic E-state index is 13.1. The molecule has 0 saturated heterocycles. The Kier molecular flexibility index (Phi) is 7.02. The molecule has 0 heterocycles. The Bertz CT molecular complexity index is 1130. The van der Waals surface area contributed by atoms with Gasteiger partial charge in [-0.05, 0) is 55.0 Å². The smallest absolute Gasteiger partial charge is 0.266 e. The first kappa shape index (κ1) is 21.6. The number of methoxy groups -OCH3 is 1. The van der Waals surface area contributed by atoms with Gasteiger partial charge in [0.05, 0.1) is 7.11 Å². The molecule has 0 aliphatic rings. The molecule has 3 rings (SSSR count). The van der Waals surface area contributed by atoms with E-state index in [1.807, 2.05) is 37.3 Å². The monoisotopic (exact) mass is 416 g/mol. The van der Waals surface area contributed by atoms with Crippen molar-refractivity contribution in [3.05, 3.63) is 94.8 Å². The molecule has 1 amide bonds. The van der Waals surface area contributed by atoms with Gasteiger partial charge in [-0.3, -0.25) is 4.79 Å². The first-order valence-corrected chi connectivity index (χ1v) is 9.53. The van der Waals surface area contributed by atoms with Gasteiger partial charge in [-0.1, -0.05) is 29.8 Å². The molecule has 0 aliphatic heterocycles. The Balaban J connectivity index is 1.83. The molecule has 0 aliphatic carbocycles. The third-order valence-electron chi connectivity index (χ3n) is 4.50. The van der Waals surface area contributed by atoms with Crippen molar-refractivity contribution in [2.75, 3.05) is 12.4 Å². The molecule has 3 aromatic rings. The van der Waals surface area contributed by atoms with Crippen molar-refractivity contribution in [1.29, 1.82) is 5.26 Å². The number of aryl methyl sites for hydroxylation is 1. The fourth-order valence-corrected chi connectivity index (χ4v) is 2.77. The average molecular weight is 416 g/mol. The second-order valence-corrected chi connectivity index (χ2v) is 6.81. The molecule has 0 saturated carbocycles. The van der Waals surface area contributed by atoms with Crippen LogP contribution in [0.4, 0.5) is 10.1 Å². The Morgan fingerprint density at radius 2 is 1.81 bits per heavy atom. The highest BCUT2D eigenvalue weighted by molar-refractivity contribution is 6.09. The van der Waals surface area contributed by atoms with Gasteiger partial charge >= 0.3 is 0 Å². The van der Waals surface area contributed by atoms with E-state index >= 15 is 0 Å². The number of halogens is 1. The molecule has 0 atom stereocenters. The normalized spacial score (nSPS) is 10.8. The second kappa shape index (κ2) is 10.1. The maximum Gasteiger partial charge on any atom is 0.266 e. The molecule has 1 N–H and O–H groups in total. The number of amides is 1. The van der Waals surface area contributed by atoms with Gasteiger partial charge in [-0.15, -0.1) is 0 Å². The Morgan fingerprint density at radius 1 is 1.10 bits per heavy atom. The van der Waals surface area contributed by atoms with E-state index in [-0.39, 0.29) is 5.57 Å². The maximum absolute atomic E-state index is 13.1. The molecule has 0 fully saturated rings. The average Bonchev–Trinajstić information content (AvgIpc) is 2.79. The van der Waals surface area contributed by atoms with Crippen LogP contribution in [0.1, 0.15) is 16.7 Å². The summed E-state index contributed by atoms with van der Waals surface area (Å²) in [5.41, 5.74) is 2.96. The summed E-state index contributed by atoms with van der Waals surface area (Å²) in [6, 6.07) is 20.3. The van der Waals surface area contributed by atoms with E-state index < -0.39 is 11.7 Å². The van der Waals surface area contributed by atoms with Gasteiger partial charge in [0, 0.05) is 17.3 Å². The number of rotatable bonds is 7. The van der Waals surface area contributed by atoms with E-state index in [0.29, 0.717) is 29.4 Å². The van der Waals surface area contributed by atoms with E-state index in [0.717, 1.165) is 11.1 Å². The summed E-state index contributed by atoms with van der Waals surface area (Å²) in [5.74, 6) is 0.0460. The number of hydrogen-bond acceptors (Lipinski definition) is 4. The van der Waals surface area contributed by atoms with Crippen molar-refractivity contribution in [3.8, 4) is 17.6 Å². The number of benzene rings is 3. The lowest BCUT2D eigenvalue weighted by Gasteiger charge is -2.12. The molecule has 0 unspecified atom stereocenters. The van der Waals surface area contributed by atoms with Crippen molar-refractivity contribution < 1.29 is 18.7 Å². The van der Waals surface area contributed by atoms with Crippen LogP contribution in [-0.4, -0.2) is 13.0 Å². The van der Waals surface area contributed by atoms with Gasteiger partial charge in [-0.25, -0.2) is 4.39 Å². The molecule has 31 heavy (non-hydrogen) atoms. The lowest BCUT2D eigenvalue weighted by atomic mass is 10.1. The predicted octanol–water partition coefficient (Wildman–Crippen LogP) is 5.27. The first-order valence-electron chi connectivity index (χ1n) is 9.53. The molecule has 6 heteroatoms. The summed E-state index contributed by atoms with van der Waals surface area (Å²) >= 11 is 0. The molecule has 3 aromatic carbocycles. The fraction of sp³-hybridized carbons (Fsp3) is 0.120. The van der Waals surface area contributed by atoms with Crippen LogP contribution in [0, 0.1) is 24.1 Å². The van der Waals surface area contributed by atoms with Crippen molar-refractivity contribution in [2.45, 2.75) is 13.5 Å². The van der Waals surface area contributed by atoms with Crippen molar-refractivity contribution in [3.63, 3.8) is 0 Å². The van der Waals surface area contributed by atoms with Crippen LogP contribution in [0.2, 0.25) is 0 Å². The minimum atomic E-state index is -0.602. The number of ether oxygens (including phenoxy) is 2. The lowest BCUT2D eigenvalue weighted by molar-refractivity contribution is -0.112. The molecule has 0 aromatic heterocycles. The van der Waals surface area contributed by atoms with Gasteiger partial charge < -0.3 is 14.8 Å². The number of carbonyl (C=O) groups excluding carboxylic acids is 1.